The van der Waals surface area contributed by atoms with Crippen LogP contribution >= 0.6 is 38.9 Å². The van der Waals surface area contributed by atoms with E-state index in [0.717, 1.165) is 11.3 Å². The van der Waals surface area contributed by atoms with Crippen molar-refractivity contribution in [1.29, 1.82) is 0 Å². The summed E-state index contributed by atoms with van der Waals surface area (Å²) >= 11 is 10.0. The van der Waals surface area contributed by atoms with Crippen molar-refractivity contribution >= 4 is 60.5 Å². The lowest BCUT2D eigenvalue weighted by molar-refractivity contribution is 0.0703. The molecule has 0 bridgehead atoms. The number of carboxylic acid groups (broad SMARTS) is 1. The fraction of sp³-hybridized carbons (Fsp3) is 0. The zero-order valence-corrected chi connectivity index (χ0v) is 13.6. The molecule has 0 aliphatic heterocycles. The lowest BCUT2D eigenvalue weighted by Gasteiger charge is -2.09. The lowest BCUT2D eigenvalue weighted by Crippen LogP contribution is -2.14. The molecule has 1 aromatic carbocycles. The summed E-state index contributed by atoms with van der Waals surface area (Å²) in [7, 11) is -3.95. The maximum Gasteiger partial charge on any atom is 0.348 e. The molecule has 2 N–H and O–H groups in total. The first-order chi connectivity index (χ1) is 9.31. The molecule has 2 aromatic rings. The number of rotatable bonds is 4. The second-order valence-corrected chi connectivity index (χ2v) is 7.54. The highest BCUT2D eigenvalue weighted by atomic mass is 79.9. The minimum atomic E-state index is -3.95. The Labute approximate surface area is 132 Å². The average Bonchev–Trinajstić information content (AvgIpc) is 2.75. The second kappa shape index (κ2) is 5.72. The molecule has 2 rings (SSSR count). The molecular formula is C11H7BrClNO4S2. The maximum absolute atomic E-state index is 12.2. The van der Waals surface area contributed by atoms with Gasteiger partial charge in [-0.3, -0.25) is 4.72 Å². The van der Waals surface area contributed by atoms with Crippen molar-refractivity contribution in [2.24, 2.45) is 0 Å². The Morgan fingerprint density at radius 1 is 1.35 bits per heavy atom. The summed E-state index contributed by atoms with van der Waals surface area (Å²) in [6, 6.07) is 5.70. The van der Waals surface area contributed by atoms with E-state index in [1.54, 1.807) is 0 Å². The van der Waals surface area contributed by atoms with Crippen LogP contribution in [0.15, 0.2) is 39.0 Å². The minimum Gasteiger partial charge on any atom is -0.477 e. The summed E-state index contributed by atoms with van der Waals surface area (Å²) in [6.07, 6.45) is 0. The van der Waals surface area contributed by atoms with Gasteiger partial charge in [0.25, 0.3) is 10.0 Å². The van der Waals surface area contributed by atoms with Gasteiger partial charge in [-0.1, -0.05) is 27.5 Å². The third-order valence-electron chi connectivity index (χ3n) is 2.29. The van der Waals surface area contributed by atoms with Gasteiger partial charge in [0.15, 0.2) is 0 Å². The molecule has 0 aliphatic rings. The fourth-order valence-corrected chi connectivity index (χ4v) is 4.31. The van der Waals surface area contributed by atoms with Gasteiger partial charge < -0.3 is 5.11 Å². The third kappa shape index (κ3) is 3.14. The highest BCUT2D eigenvalue weighted by Gasteiger charge is 2.21. The van der Waals surface area contributed by atoms with Crippen LogP contribution in [0.5, 0.6) is 0 Å². The molecule has 9 heteroatoms. The topological polar surface area (TPSA) is 83.5 Å². The van der Waals surface area contributed by atoms with Crippen molar-refractivity contribution in [1.82, 2.24) is 0 Å². The molecule has 20 heavy (non-hydrogen) atoms. The fourth-order valence-electron chi connectivity index (χ4n) is 1.45. The average molecular weight is 397 g/mol. The Morgan fingerprint density at radius 3 is 2.65 bits per heavy atom. The number of carboxylic acids is 1. The number of hydrogen-bond acceptors (Lipinski definition) is 4. The minimum absolute atomic E-state index is 0.0153. The summed E-state index contributed by atoms with van der Waals surface area (Å²) in [5, 5.41) is 10.5. The summed E-state index contributed by atoms with van der Waals surface area (Å²) in [6.45, 7) is 0. The van der Waals surface area contributed by atoms with E-state index in [2.05, 4.69) is 20.7 Å². The number of halogens is 2. The molecule has 0 radical (unpaired) electrons. The van der Waals surface area contributed by atoms with Crippen LogP contribution in [0.1, 0.15) is 9.67 Å². The second-order valence-electron chi connectivity index (χ2n) is 3.65. The summed E-state index contributed by atoms with van der Waals surface area (Å²) < 4.78 is 27.3. The number of sulfonamides is 1. The summed E-state index contributed by atoms with van der Waals surface area (Å²) in [5.41, 5.74) is 0.0153. The Morgan fingerprint density at radius 2 is 2.05 bits per heavy atom. The number of carbonyl (C=O) groups is 1. The molecular weight excluding hydrogens is 390 g/mol. The normalized spacial score (nSPS) is 11.3. The van der Waals surface area contributed by atoms with Crippen molar-refractivity contribution in [2.45, 2.75) is 4.90 Å². The maximum atomic E-state index is 12.2. The van der Waals surface area contributed by atoms with Gasteiger partial charge in [-0.25, -0.2) is 13.2 Å². The first-order valence-electron chi connectivity index (χ1n) is 5.10. The Balaban J connectivity index is 2.41. The van der Waals surface area contributed by atoms with Crippen LogP contribution in [0.2, 0.25) is 5.02 Å². The number of anilines is 1. The van der Waals surface area contributed by atoms with E-state index in [0.29, 0.717) is 4.47 Å². The van der Waals surface area contributed by atoms with Crippen LogP contribution < -0.4 is 4.72 Å². The van der Waals surface area contributed by atoms with Crippen molar-refractivity contribution in [3.63, 3.8) is 0 Å². The molecule has 0 saturated carbocycles. The number of thiophene rings is 1. The molecule has 5 nitrogen and oxygen atoms in total. The predicted octanol–water partition coefficient (Wildman–Crippen LogP) is 3.66. The standard InChI is InChI=1S/C11H7BrClNO4S2/c12-6-1-2-9(7(13)5-6)20(17,18)14-8-3-4-19-10(8)11(15)16/h1-5,14H,(H,15,16). The van der Waals surface area contributed by atoms with Crippen molar-refractivity contribution < 1.29 is 18.3 Å². The lowest BCUT2D eigenvalue weighted by atomic mass is 10.4. The predicted molar refractivity (Wildman–Crippen MR) is 81.2 cm³/mol. The molecule has 106 valence electrons. The highest BCUT2D eigenvalue weighted by molar-refractivity contribution is 9.10. The molecule has 0 fully saturated rings. The van der Waals surface area contributed by atoms with Crippen LogP contribution in [0.25, 0.3) is 0 Å². The van der Waals surface area contributed by atoms with E-state index >= 15 is 0 Å². The zero-order valence-electron chi connectivity index (χ0n) is 9.63. The van der Waals surface area contributed by atoms with Crippen LogP contribution in [-0.2, 0) is 10.0 Å². The molecule has 0 atom stereocenters. The van der Waals surface area contributed by atoms with E-state index in [-0.39, 0.29) is 20.5 Å². The van der Waals surface area contributed by atoms with E-state index < -0.39 is 16.0 Å². The summed E-state index contributed by atoms with van der Waals surface area (Å²) in [4.78, 5) is 10.8. The van der Waals surface area contributed by atoms with Crippen LogP contribution in [-0.4, -0.2) is 19.5 Å². The smallest absolute Gasteiger partial charge is 0.348 e. The SMILES string of the molecule is O=C(O)c1sccc1NS(=O)(=O)c1ccc(Br)cc1Cl. The van der Waals surface area contributed by atoms with E-state index in [9.17, 15) is 13.2 Å². The molecule has 1 heterocycles. The van der Waals surface area contributed by atoms with E-state index in [1.165, 1.54) is 29.6 Å². The van der Waals surface area contributed by atoms with Crippen molar-refractivity contribution in [3.05, 3.63) is 44.0 Å². The van der Waals surface area contributed by atoms with Gasteiger partial charge in [-0.15, -0.1) is 11.3 Å². The van der Waals surface area contributed by atoms with Gasteiger partial charge in [0.05, 0.1) is 10.7 Å². The van der Waals surface area contributed by atoms with Gasteiger partial charge in [-0.05, 0) is 29.6 Å². The summed E-state index contributed by atoms with van der Waals surface area (Å²) in [5.74, 6) is -1.19. The number of nitrogens with one attached hydrogen (secondary N) is 1. The van der Waals surface area contributed by atoms with Crippen LogP contribution in [0.3, 0.4) is 0 Å². The number of benzene rings is 1. The first-order valence-corrected chi connectivity index (χ1v) is 8.63. The molecule has 0 amide bonds. The number of aromatic carboxylic acids is 1. The van der Waals surface area contributed by atoms with Crippen molar-refractivity contribution in [3.8, 4) is 0 Å². The third-order valence-corrected chi connectivity index (χ3v) is 5.53. The Hall–Kier alpha value is -1.09. The van der Waals surface area contributed by atoms with Crippen LogP contribution in [0, 0.1) is 0 Å². The highest BCUT2D eigenvalue weighted by Crippen LogP contribution is 2.29. The van der Waals surface area contributed by atoms with Gasteiger partial charge in [-0.2, -0.15) is 0 Å². The molecule has 0 unspecified atom stereocenters. The monoisotopic (exact) mass is 395 g/mol. The molecule has 1 aromatic heterocycles. The number of hydrogen-bond donors (Lipinski definition) is 2. The van der Waals surface area contributed by atoms with E-state index in [4.69, 9.17) is 16.7 Å². The van der Waals surface area contributed by atoms with Gasteiger partial charge in [0.1, 0.15) is 9.77 Å². The van der Waals surface area contributed by atoms with Gasteiger partial charge in [0, 0.05) is 4.47 Å². The molecule has 0 aliphatic carbocycles. The Kier molecular flexibility index (Phi) is 4.38. The van der Waals surface area contributed by atoms with Gasteiger partial charge >= 0.3 is 5.97 Å². The van der Waals surface area contributed by atoms with E-state index in [1.807, 2.05) is 0 Å². The van der Waals surface area contributed by atoms with Crippen LogP contribution in [0.4, 0.5) is 5.69 Å². The zero-order chi connectivity index (χ0) is 14.9. The Bertz CT molecular complexity index is 772. The molecule has 0 saturated heterocycles. The van der Waals surface area contributed by atoms with Gasteiger partial charge in [0.2, 0.25) is 0 Å². The first kappa shape index (κ1) is 15.3. The van der Waals surface area contributed by atoms with Crippen molar-refractivity contribution in [2.75, 3.05) is 4.72 Å². The molecule has 0 spiro atoms. The largest absolute Gasteiger partial charge is 0.477 e. The quantitative estimate of drug-likeness (QED) is 0.826.